The number of esters is 1. The summed E-state index contributed by atoms with van der Waals surface area (Å²) in [5, 5.41) is 2.66. The zero-order valence-corrected chi connectivity index (χ0v) is 15.8. The summed E-state index contributed by atoms with van der Waals surface area (Å²) in [4.78, 5) is 24.0. The van der Waals surface area contributed by atoms with Crippen molar-refractivity contribution in [2.45, 2.75) is 6.61 Å². The molecular weight excluding hydrogens is 386 g/mol. The summed E-state index contributed by atoms with van der Waals surface area (Å²) >= 11 is 6.87. The first-order chi connectivity index (χ1) is 13.1. The highest BCUT2D eigenvalue weighted by atomic mass is 35.5. The molecule has 3 aromatic rings. The van der Waals surface area contributed by atoms with Gasteiger partial charge in [0.1, 0.15) is 17.2 Å². The molecule has 1 N–H and O–H groups in total. The van der Waals surface area contributed by atoms with E-state index in [1.807, 2.05) is 30.3 Å². The number of rotatable bonds is 7. The predicted molar refractivity (Wildman–Crippen MR) is 105 cm³/mol. The van der Waals surface area contributed by atoms with Crippen molar-refractivity contribution in [2.75, 3.05) is 11.9 Å². The minimum absolute atomic E-state index is 0.354. The minimum Gasteiger partial charge on any atom is -0.489 e. The van der Waals surface area contributed by atoms with E-state index in [-0.39, 0.29) is 6.61 Å². The van der Waals surface area contributed by atoms with E-state index < -0.39 is 11.9 Å². The third kappa shape index (κ3) is 5.84. The van der Waals surface area contributed by atoms with Gasteiger partial charge >= 0.3 is 5.97 Å². The summed E-state index contributed by atoms with van der Waals surface area (Å²) in [7, 11) is 0. The van der Waals surface area contributed by atoms with Gasteiger partial charge in [-0.05, 0) is 42.0 Å². The average molecular weight is 402 g/mol. The monoisotopic (exact) mass is 401 g/mol. The molecule has 7 heteroatoms. The van der Waals surface area contributed by atoms with Crippen molar-refractivity contribution >= 4 is 40.5 Å². The van der Waals surface area contributed by atoms with Gasteiger partial charge in [0.05, 0.1) is 4.34 Å². The summed E-state index contributed by atoms with van der Waals surface area (Å²) < 4.78 is 11.1. The largest absolute Gasteiger partial charge is 0.489 e. The maximum atomic E-state index is 11.9. The Kier molecular flexibility index (Phi) is 6.46. The van der Waals surface area contributed by atoms with Gasteiger partial charge in [-0.25, -0.2) is 4.79 Å². The SMILES string of the molecule is O=C(COC(=O)c1ccc(Cl)s1)Nc1ccc(OCc2ccccc2)cc1. The topological polar surface area (TPSA) is 64.6 Å². The number of carbonyl (C=O) groups excluding carboxylic acids is 2. The van der Waals surface area contributed by atoms with E-state index in [9.17, 15) is 9.59 Å². The maximum Gasteiger partial charge on any atom is 0.348 e. The highest BCUT2D eigenvalue weighted by molar-refractivity contribution is 7.17. The third-order valence-electron chi connectivity index (χ3n) is 3.50. The van der Waals surface area contributed by atoms with E-state index in [1.54, 1.807) is 36.4 Å². The lowest BCUT2D eigenvalue weighted by atomic mass is 10.2. The second kappa shape index (κ2) is 9.21. The van der Waals surface area contributed by atoms with E-state index in [4.69, 9.17) is 21.1 Å². The lowest BCUT2D eigenvalue weighted by molar-refractivity contribution is -0.119. The zero-order chi connectivity index (χ0) is 19.1. The summed E-state index contributed by atoms with van der Waals surface area (Å²) in [6.45, 7) is 0.0931. The number of halogens is 1. The van der Waals surface area contributed by atoms with Gasteiger partial charge in [0.2, 0.25) is 0 Å². The molecule has 3 rings (SSSR count). The second-order valence-corrected chi connectivity index (χ2v) is 7.24. The van der Waals surface area contributed by atoms with Crippen LogP contribution in [0.5, 0.6) is 5.75 Å². The number of hydrogen-bond donors (Lipinski definition) is 1. The molecule has 0 aliphatic heterocycles. The molecule has 27 heavy (non-hydrogen) atoms. The maximum absolute atomic E-state index is 11.9. The molecule has 1 aromatic heterocycles. The first kappa shape index (κ1) is 18.9. The Morgan fingerprint density at radius 1 is 0.963 bits per heavy atom. The summed E-state index contributed by atoms with van der Waals surface area (Å²) in [6, 6.07) is 20.0. The molecule has 0 spiro atoms. The smallest absolute Gasteiger partial charge is 0.348 e. The first-order valence-electron chi connectivity index (χ1n) is 8.09. The van der Waals surface area contributed by atoms with Crippen molar-refractivity contribution < 1.29 is 19.1 Å². The van der Waals surface area contributed by atoms with Crippen LogP contribution in [0.4, 0.5) is 5.69 Å². The van der Waals surface area contributed by atoms with Crippen molar-refractivity contribution in [1.82, 2.24) is 0 Å². The number of hydrogen-bond acceptors (Lipinski definition) is 5. The van der Waals surface area contributed by atoms with Crippen LogP contribution in [0, 0.1) is 0 Å². The molecule has 0 aliphatic rings. The average Bonchev–Trinajstić information content (AvgIpc) is 3.13. The Morgan fingerprint density at radius 2 is 1.70 bits per heavy atom. The molecule has 0 saturated carbocycles. The van der Waals surface area contributed by atoms with Crippen LogP contribution in [0.2, 0.25) is 4.34 Å². The molecule has 0 radical (unpaired) electrons. The molecule has 138 valence electrons. The number of carbonyl (C=O) groups is 2. The van der Waals surface area contributed by atoms with Gasteiger partial charge in [-0.3, -0.25) is 4.79 Å². The molecular formula is C20H16ClNO4S. The lowest BCUT2D eigenvalue weighted by Gasteiger charge is -2.09. The van der Waals surface area contributed by atoms with Gasteiger partial charge in [0, 0.05) is 5.69 Å². The molecule has 0 fully saturated rings. The second-order valence-electron chi connectivity index (χ2n) is 5.53. The summed E-state index contributed by atoms with van der Waals surface area (Å²) in [5.74, 6) is -0.312. The molecule has 0 unspecified atom stereocenters. The van der Waals surface area contributed by atoms with Crippen LogP contribution in [-0.2, 0) is 16.1 Å². The van der Waals surface area contributed by atoms with Crippen LogP contribution in [0.3, 0.4) is 0 Å². The van der Waals surface area contributed by atoms with E-state index >= 15 is 0 Å². The molecule has 5 nitrogen and oxygen atoms in total. The van der Waals surface area contributed by atoms with Crippen molar-refractivity contribution in [1.29, 1.82) is 0 Å². The highest BCUT2D eigenvalue weighted by Crippen LogP contribution is 2.22. The third-order valence-corrected chi connectivity index (χ3v) is 4.71. The number of anilines is 1. The van der Waals surface area contributed by atoms with Gasteiger partial charge < -0.3 is 14.8 Å². The molecule has 0 bridgehead atoms. The normalized spacial score (nSPS) is 10.3. The van der Waals surface area contributed by atoms with Gasteiger partial charge in [0.15, 0.2) is 6.61 Å². The van der Waals surface area contributed by atoms with Gasteiger partial charge in [-0.15, -0.1) is 11.3 Å². The van der Waals surface area contributed by atoms with Crippen LogP contribution in [-0.4, -0.2) is 18.5 Å². The first-order valence-corrected chi connectivity index (χ1v) is 9.29. The number of nitrogens with one attached hydrogen (secondary N) is 1. The standard InChI is InChI=1S/C20H16ClNO4S/c21-18-11-10-17(27-18)20(24)26-13-19(23)22-15-6-8-16(9-7-15)25-12-14-4-2-1-3-5-14/h1-11H,12-13H2,(H,22,23). The molecule has 1 amide bonds. The minimum atomic E-state index is -0.577. The van der Waals surface area contributed by atoms with E-state index in [2.05, 4.69) is 5.32 Å². The number of ether oxygens (including phenoxy) is 2. The fourth-order valence-electron chi connectivity index (χ4n) is 2.20. The van der Waals surface area contributed by atoms with Crippen LogP contribution in [0.1, 0.15) is 15.2 Å². The van der Waals surface area contributed by atoms with E-state index in [0.717, 1.165) is 16.9 Å². The Hall–Kier alpha value is -2.83. The van der Waals surface area contributed by atoms with Crippen LogP contribution >= 0.6 is 22.9 Å². The van der Waals surface area contributed by atoms with Crippen molar-refractivity contribution in [3.05, 3.63) is 81.5 Å². The number of amides is 1. The predicted octanol–water partition coefficient (Wildman–Crippen LogP) is 4.78. The van der Waals surface area contributed by atoms with Gasteiger partial charge in [-0.1, -0.05) is 41.9 Å². The molecule has 0 atom stereocenters. The van der Waals surface area contributed by atoms with Crippen LogP contribution in [0.25, 0.3) is 0 Å². The van der Waals surface area contributed by atoms with Crippen LogP contribution < -0.4 is 10.1 Å². The quantitative estimate of drug-likeness (QED) is 0.579. The fourth-order valence-corrected chi connectivity index (χ4v) is 3.14. The Morgan fingerprint density at radius 3 is 2.37 bits per heavy atom. The molecule has 1 heterocycles. The van der Waals surface area contributed by atoms with Crippen LogP contribution in [0.15, 0.2) is 66.7 Å². The molecule has 0 aliphatic carbocycles. The Labute approximate surface area is 165 Å². The van der Waals surface area contributed by atoms with Crippen molar-refractivity contribution in [2.24, 2.45) is 0 Å². The highest BCUT2D eigenvalue weighted by Gasteiger charge is 2.12. The number of benzene rings is 2. The molecule has 2 aromatic carbocycles. The van der Waals surface area contributed by atoms with Crippen molar-refractivity contribution in [3.8, 4) is 5.75 Å². The lowest BCUT2D eigenvalue weighted by Crippen LogP contribution is -2.20. The number of thiophene rings is 1. The van der Waals surface area contributed by atoms with E-state index in [0.29, 0.717) is 27.3 Å². The van der Waals surface area contributed by atoms with Gasteiger partial charge in [-0.2, -0.15) is 0 Å². The Bertz CT molecular complexity index is 909. The summed E-state index contributed by atoms with van der Waals surface area (Å²) in [6.07, 6.45) is 0. The summed E-state index contributed by atoms with van der Waals surface area (Å²) in [5.41, 5.74) is 1.66. The fraction of sp³-hybridized carbons (Fsp3) is 0.100. The zero-order valence-electron chi connectivity index (χ0n) is 14.2. The van der Waals surface area contributed by atoms with Gasteiger partial charge in [0.25, 0.3) is 5.91 Å². The van der Waals surface area contributed by atoms with Crippen molar-refractivity contribution in [3.63, 3.8) is 0 Å². The van der Waals surface area contributed by atoms with E-state index in [1.165, 1.54) is 0 Å². The molecule has 0 saturated heterocycles. The Balaban J connectivity index is 1.44.